The molecular formula is C20H13Cl3N2O6S2. The largest absolute Gasteiger partial charge is 0.482 e. The van der Waals surface area contributed by atoms with Crippen molar-refractivity contribution >= 4 is 87.0 Å². The van der Waals surface area contributed by atoms with E-state index >= 15 is 0 Å². The predicted molar refractivity (Wildman–Crippen MR) is 130 cm³/mol. The number of carboxylic acids is 1. The number of thiocarbonyl (C=S) groups is 1. The highest BCUT2D eigenvalue weighted by Gasteiger charge is 2.34. The number of thioether (sulfide) groups is 1. The van der Waals surface area contributed by atoms with Gasteiger partial charge in [-0.05, 0) is 30.4 Å². The first-order valence-electron chi connectivity index (χ1n) is 8.94. The van der Waals surface area contributed by atoms with E-state index in [1.165, 1.54) is 18.2 Å². The smallest absolute Gasteiger partial charge is 0.341 e. The number of hydrogen-bond acceptors (Lipinski definition) is 7. The van der Waals surface area contributed by atoms with Crippen molar-refractivity contribution in [3.05, 3.63) is 61.9 Å². The monoisotopic (exact) mass is 546 g/mol. The zero-order valence-corrected chi connectivity index (χ0v) is 20.2. The van der Waals surface area contributed by atoms with Crippen molar-refractivity contribution in [2.75, 3.05) is 13.2 Å². The van der Waals surface area contributed by atoms with Crippen molar-refractivity contribution in [2.24, 2.45) is 0 Å². The molecule has 8 nitrogen and oxygen atoms in total. The summed E-state index contributed by atoms with van der Waals surface area (Å²) in [4.78, 5) is 36.0. The van der Waals surface area contributed by atoms with E-state index in [2.05, 4.69) is 5.43 Å². The van der Waals surface area contributed by atoms with Crippen LogP contribution in [0.15, 0.2) is 41.3 Å². The number of carbonyl (C=O) groups excluding carboxylic acids is 2. The van der Waals surface area contributed by atoms with Crippen LogP contribution in [0.2, 0.25) is 15.1 Å². The lowest BCUT2D eigenvalue weighted by atomic mass is 10.2. The Labute approximate surface area is 212 Å². The molecule has 0 spiro atoms. The summed E-state index contributed by atoms with van der Waals surface area (Å²) in [7, 11) is 0. The molecule has 0 aliphatic carbocycles. The van der Waals surface area contributed by atoms with Gasteiger partial charge in [-0.3, -0.25) is 15.0 Å². The molecule has 3 rings (SSSR count). The number of hydrogen-bond donors (Lipinski definition) is 2. The van der Waals surface area contributed by atoms with Crippen LogP contribution in [0.1, 0.15) is 5.56 Å². The van der Waals surface area contributed by atoms with Crippen molar-refractivity contribution in [2.45, 2.75) is 0 Å². The molecule has 1 saturated heterocycles. The van der Waals surface area contributed by atoms with E-state index in [1.54, 1.807) is 24.3 Å². The van der Waals surface area contributed by atoms with Gasteiger partial charge in [-0.15, -0.1) is 0 Å². The highest BCUT2D eigenvalue weighted by Crippen LogP contribution is 2.35. The molecule has 0 unspecified atom stereocenters. The average molecular weight is 548 g/mol. The molecule has 2 aromatic carbocycles. The Morgan fingerprint density at radius 3 is 2.45 bits per heavy atom. The van der Waals surface area contributed by atoms with Crippen LogP contribution in [0.3, 0.4) is 0 Å². The van der Waals surface area contributed by atoms with Gasteiger partial charge in [-0.2, -0.15) is 5.01 Å². The maximum absolute atomic E-state index is 12.7. The molecule has 33 heavy (non-hydrogen) atoms. The van der Waals surface area contributed by atoms with E-state index in [9.17, 15) is 14.4 Å². The van der Waals surface area contributed by atoms with Gasteiger partial charge in [-0.1, -0.05) is 64.8 Å². The summed E-state index contributed by atoms with van der Waals surface area (Å²) in [6.45, 7) is -1.01. The van der Waals surface area contributed by atoms with E-state index in [0.29, 0.717) is 5.56 Å². The van der Waals surface area contributed by atoms with Gasteiger partial charge < -0.3 is 14.6 Å². The number of ether oxygens (including phenoxy) is 2. The number of para-hydroxylation sites is 1. The number of hydrazine groups is 1. The van der Waals surface area contributed by atoms with Gasteiger partial charge in [0.1, 0.15) is 11.5 Å². The van der Waals surface area contributed by atoms with Crippen LogP contribution in [0, 0.1) is 0 Å². The molecule has 0 aromatic heterocycles. The second kappa shape index (κ2) is 11.1. The number of aliphatic carboxylic acids is 1. The lowest BCUT2D eigenvalue weighted by molar-refractivity contribution is -0.139. The number of benzene rings is 2. The van der Waals surface area contributed by atoms with Gasteiger partial charge in [0.15, 0.2) is 17.5 Å². The maximum atomic E-state index is 12.7. The van der Waals surface area contributed by atoms with Gasteiger partial charge in [0.25, 0.3) is 11.8 Å². The first-order valence-corrected chi connectivity index (χ1v) is 11.3. The zero-order valence-electron chi connectivity index (χ0n) is 16.3. The number of nitrogens with zero attached hydrogens (tertiary/aromatic N) is 1. The minimum absolute atomic E-state index is 0.0936. The number of carboxylic acid groups (broad SMARTS) is 1. The first kappa shape index (κ1) is 25.1. The number of amides is 2. The van der Waals surface area contributed by atoms with E-state index in [0.717, 1.165) is 16.8 Å². The van der Waals surface area contributed by atoms with Crippen LogP contribution in [-0.4, -0.2) is 45.4 Å². The molecule has 0 saturated carbocycles. The minimum atomic E-state index is -1.14. The summed E-state index contributed by atoms with van der Waals surface area (Å²) in [5.41, 5.74) is 2.85. The summed E-state index contributed by atoms with van der Waals surface area (Å²) in [5.74, 6) is -1.95. The molecule has 1 aliphatic rings. The molecule has 2 aromatic rings. The van der Waals surface area contributed by atoms with Gasteiger partial charge >= 0.3 is 5.97 Å². The minimum Gasteiger partial charge on any atom is -0.482 e. The second-order valence-corrected chi connectivity index (χ2v) is 9.16. The van der Waals surface area contributed by atoms with Crippen LogP contribution in [-0.2, 0) is 14.4 Å². The third-order valence-electron chi connectivity index (χ3n) is 3.92. The Hall–Kier alpha value is -2.50. The topological polar surface area (TPSA) is 105 Å². The van der Waals surface area contributed by atoms with Gasteiger partial charge in [0, 0.05) is 11.6 Å². The lowest BCUT2D eigenvalue weighted by Crippen LogP contribution is -2.46. The van der Waals surface area contributed by atoms with Crippen LogP contribution in [0.4, 0.5) is 0 Å². The van der Waals surface area contributed by atoms with Crippen molar-refractivity contribution in [3.8, 4) is 11.5 Å². The summed E-state index contributed by atoms with van der Waals surface area (Å²) in [6.07, 6.45) is 1.49. The SMILES string of the molecule is O=C(O)COc1ccccc1C=C1SC(=S)N(NC(=O)COc2cc(Cl)c(Cl)cc2Cl)C1=O. The number of carbonyl (C=O) groups is 3. The molecule has 0 atom stereocenters. The summed E-state index contributed by atoms with van der Waals surface area (Å²) in [5, 5.41) is 10.3. The number of rotatable bonds is 8. The standard InChI is InChI=1S/C20H13Cl3N2O6S2/c21-11-6-13(23)15(7-12(11)22)30-8-17(26)24-25-19(29)16(33-20(25)32)5-10-3-1-2-4-14(10)31-9-18(27)28/h1-7H,8-9H2,(H,24,26)(H,27,28). The van der Waals surface area contributed by atoms with E-state index < -0.39 is 31.0 Å². The summed E-state index contributed by atoms with van der Waals surface area (Å²) in [6, 6.07) is 9.34. The normalized spacial score (nSPS) is 14.5. The molecule has 1 aliphatic heterocycles. The zero-order chi connectivity index (χ0) is 24.1. The molecular weight excluding hydrogens is 535 g/mol. The molecule has 0 radical (unpaired) electrons. The van der Waals surface area contributed by atoms with Gasteiger partial charge in [0.05, 0.1) is 20.0 Å². The fraction of sp³-hybridized carbons (Fsp3) is 0.100. The molecule has 2 amide bonds. The fourth-order valence-corrected chi connectivity index (χ4v) is 4.25. The molecule has 13 heteroatoms. The van der Waals surface area contributed by atoms with E-state index in [1.807, 2.05) is 0 Å². The number of nitrogens with one attached hydrogen (secondary N) is 1. The molecule has 2 N–H and O–H groups in total. The molecule has 1 fully saturated rings. The van der Waals surface area contributed by atoms with Crippen molar-refractivity contribution in [1.29, 1.82) is 0 Å². The third kappa shape index (κ3) is 6.52. The highest BCUT2D eigenvalue weighted by atomic mass is 35.5. The first-order chi connectivity index (χ1) is 15.7. The van der Waals surface area contributed by atoms with Crippen molar-refractivity contribution < 1.29 is 29.0 Å². The Morgan fingerprint density at radius 2 is 1.73 bits per heavy atom. The average Bonchev–Trinajstić information content (AvgIpc) is 3.02. The highest BCUT2D eigenvalue weighted by molar-refractivity contribution is 8.26. The fourth-order valence-electron chi connectivity index (χ4n) is 2.49. The molecule has 172 valence electrons. The van der Waals surface area contributed by atoms with Gasteiger partial charge in [-0.25, -0.2) is 4.79 Å². The van der Waals surface area contributed by atoms with Crippen LogP contribution in [0.25, 0.3) is 6.08 Å². The lowest BCUT2D eigenvalue weighted by Gasteiger charge is -2.16. The maximum Gasteiger partial charge on any atom is 0.341 e. The van der Waals surface area contributed by atoms with E-state index in [-0.39, 0.29) is 35.8 Å². The quantitative estimate of drug-likeness (QED) is 0.284. The summed E-state index contributed by atoms with van der Waals surface area (Å²) >= 11 is 23.9. The predicted octanol–water partition coefficient (Wildman–Crippen LogP) is 4.42. The summed E-state index contributed by atoms with van der Waals surface area (Å²) < 4.78 is 10.7. The Kier molecular flexibility index (Phi) is 8.44. The Balaban J connectivity index is 1.66. The molecule has 0 bridgehead atoms. The Morgan fingerprint density at radius 1 is 1.06 bits per heavy atom. The van der Waals surface area contributed by atoms with Gasteiger partial charge in [0.2, 0.25) is 0 Å². The van der Waals surface area contributed by atoms with Crippen molar-refractivity contribution in [1.82, 2.24) is 10.4 Å². The van der Waals surface area contributed by atoms with Crippen molar-refractivity contribution in [3.63, 3.8) is 0 Å². The van der Waals surface area contributed by atoms with Crippen LogP contribution in [0.5, 0.6) is 11.5 Å². The van der Waals surface area contributed by atoms with Crippen LogP contribution < -0.4 is 14.9 Å². The molecule has 1 heterocycles. The number of halogens is 3. The van der Waals surface area contributed by atoms with Crippen LogP contribution >= 0.6 is 58.8 Å². The third-order valence-corrected chi connectivity index (χ3v) is 6.24. The van der Waals surface area contributed by atoms with E-state index in [4.69, 9.17) is 61.6 Å². The second-order valence-electron chi connectivity index (χ2n) is 6.26. The Bertz CT molecular complexity index is 1170.